The van der Waals surface area contributed by atoms with Gasteiger partial charge >= 0.3 is 0 Å². The van der Waals surface area contributed by atoms with Gasteiger partial charge in [-0.15, -0.1) is 0 Å². The molecule has 2 N–H and O–H groups in total. The maximum absolute atomic E-state index is 9.38. The van der Waals surface area contributed by atoms with Crippen molar-refractivity contribution < 1.29 is 9.84 Å². The fraction of sp³-hybridized carbons (Fsp3) is 0.294. The molecule has 0 radical (unpaired) electrons. The molecule has 0 aliphatic rings. The summed E-state index contributed by atoms with van der Waals surface area (Å²) in [6.45, 7) is 3.70. The van der Waals surface area contributed by atoms with E-state index in [-0.39, 0.29) is 6.61 Å². The van der Waals surface area contributed by atoms with Crippen LogP contribution in [-0.4, -0.2) is 11.7 Å². The van der Waals surface area contributed by atoms with Gasteiger partial charge in [0, 0.05) is 17.7 Å². The van der Waals surface area contributed by atoms with Crippen LogP contribution in [0.4, 0.5) is 0 Å². The van der Waals surface area contributed by atoms with Crippen molar-refractivity contribution in [3.05, 3.63) is 58.6 Å². The number of benzene rings is 2. The molecular weight excluding hydrogens is 286 g/mol. The van der Waals surface area contributed by atoms with Gasteiger partial charge in [-0.1, -0.05) is 48.9 Å². The van der Waals surface area contributed by atoms with Gasteiger partial charge in [-0.3, -0.25) is 0 Å². The highest BCUT2D eigenvalue weighted by molar-refractivity contribution is 6.32. The summed E-state index contributed by atoms with van der Waals surface area (Å²) in [7, 11) is 0. The van der Waals surface area contributed by atoms with Gasteiger partial charge in [-0.25, -0.2) is 0 Å². The summed E-state index contributed by atoms with van der Waals surface area (Å²) in [4.78, 5) is 0. The zero-order chi connectivity index (χ0) is 15.1. The predicted octanol–water partition coefficient (Wildman–Crippen LogP) is 4.12. The van der Waals surface area contributed by atoms with Gasteiger partial charge in [0.15, 0.2) is 5.75 Å². The van der Waals surface area contributed by atoms with Crippen LogP contribution >= 0.6 is 11.6 Å². The van der Waals surface area contributed by atoms with Crippen molar-refractivity contribution >= 4 is 11.6 Å². The standard InChI is InChI=1S/C17H20ClNO2/c1-2-10-19-11-13-7-5-8-15(18)17(13)21-16-9-4-3-6-14(16)12-20/h3-9,19-20H,2,10-12H2,1H3. The Labute approximate surface area is 130 Å². The van der Waals surface area contributed by atoms with Crippen LogP contribution in [0.25, 0.3) is 0 Å². The number of hydrogen-bond acceptors (Lipinski definition) is 3. The Balaban J connectivity index is 2.25. The summed E-state index contributed by atoms with van der Waals surface area (Å²) >= 11 is 6.27. The smallest absolute Gasteiger partial charge is 0.150 e. The molecule has 0 atom stereocenters. The highest BCUT2D eigenvalue weighted by atomic mass is 35.5. The van der Waals surface area contributed by atoms with Crippen molar-refractivity contribution in [1.29, 1.82) is 0 Å². The number of halogens is 1. The number of hydrogen-bond donors (Lipinski definition) is 2. The molecule has 0 bridgehead atoms. The third-order valence-electron chi connectivity index (χ3n) is 3.15. The fourth-order valence-corrected chi connectivity index (χ4v) is 2.28. The van der Waals surface area contributed by atoms with Crippen LogP contribution in [0.1, 0.15) is 24.5 Å². The zero-order valence-corrected chi connectivity index (χ0v) is 12.9. The summed E-state index contributed by atoms with van der Waals surface area (Å²) in [5.74, 6) is 1.27. The van der Waals surface area contributed by atoms with Crippen molar-refractivity contribution in [3.63, 3.8) is 0 Å². The average molecular weight is 306 g/mol. The van der Waals surface area contributed by atoms with Crippen LogP contribution in [0.5, 0.6) is 11.5 Å². The lowest BCUT2D eigenvalue weighted by atomic mass is 10.1. The Morgan fingerprint density at radius 3 is 2.62 bits per heavy atom. The molecule has 4 heteroatoms. The molecule has 112 valence electrons. The first-order valence-corrected chi connectivity index (χ1v) is 7.48. The van der Waals surface area contributed by atoms with E-state index in [9.17, 15) is 5.11 Å². The van der Waals surface area contributed by atoms with E-state index in [1.54, 1.807) is 0 Å². The second-order valence-electron chi connectivity index (χ2n) is 4.77. The molecular formula is C17H20ClNO2. The van der Waals surface area contributed by atoms with Gasteiger partial charge in [-0.05, 0) is 25.1 Å². The number of ether oxygens (including phenoxy) is 1. The highest BCUT2D eigenvalue weighted by Gasteiger charge is 2.11. The zero-order valence-electron chi connectivity index (χ0n) is 12.1. The van der Waals surface area contributed by atoms with Gasteiger partial charge in [-0.2, -0.15) is 0 Å². The fourth-order valence-electron chi connectivity index (χ4n) is 2.05. The average Bonchev–Trinajstić information content (AvgIpc) is 2.51. The van der Waals surface area contributed by atoms with Crippen molar-refractivity contribution in [3.8, 4) is 11.5 Å². The van der Waals surface area contributed by atoms with Gasteiger partial charge in [0.25, 0.3) is 0 Å². The molecule has 0 amide bonds. The summed E-state index contributed by atoms with van der Waals surface area (Å²) in [5.41, 5.74) is 1.74. The minimum Gasteiger partial charge on any atom is -0.455 e. The summed E-state index contributed by atoms with van der Waals surface area (Å²) in [6.07, 6.45) is 1.07. The highest BCUT2D eigenvalue weighted by Crippen LogP contribution is 2.34. The SMILES string of the molecule is CCCNCc1cccc(Cl)c1Oc1ccccc1CO. The molecule has 3 nitrogen and oxygen atoms in total. The normalized spacial score (nSPS) is 10.6. The Bertz CT molecular complexity index is 587. The third-order valence-corrected chi connectivity index (χ3v) is 3.44. The molecule has 0 spiro atoms. The van der Waals surface area contributed by atoms with Crippen molar-refractivity contribution in [2.45, 2.75) is 26.5 Å². The van der Waals surface area contributed by atoms with Gasteiger partial charge < -0.3 is 15.2 Å². The Morgan fingerprint density at radius 2 is 1.86 bits per heavy atom. The molecule has 2 aromatic carbocycles. The van der Waals surface area contributed by atoms with Gasteiger partial charge in [0.1, 0.15) is 5.75 Å². The van der Waals surface area contributed by atoms with Crippen molar-refractivity contribution in [2.24, 2.45) is 0 Å². The molecule has 0 saturated heterocycles. The maximum atomic E-state index is 9.38. The lowest BCUT2D eigenvalue weighted by Crippen LogP contribution is -2.14. The number of para-hydroxylation sites is 2. The lowest BCUT2D eigenvalue weighted by Gasteiger charge is -2.15. The third kappa shape index (κ3) is 4.21. The molecule has 21 heavy (non-hydrogen) atoms. The van der Waals surface area contributed by atoms with Crippen LogP contribution in [0.2, 0.25) is 5.02 Å². The van der Waals surface area contributed by atoms with Crippen LogP contribution in [-0.2, 0) is 13.2 Å². The van der Waals surface area contributed by atoms with Crippen LogP contribution < -0.4 is 10.1 Å². The summed E-state index contributed by atoms with van der Waals surface area (Å²) in [6, 6.07) is 13.1. The Kier molecular flexibility index (Phi) is 6.05. The van der Waals surface area contributed by atoms with Crippen LogP contribution in [0.15, 0.2) is 42.5 Å². The number of nitrogens with one attached hydrogen (secondary N) is 1. The van der Waals surface area contributed by atoms with Crippen molar-refractivity contribution in [1.82, 2.24) is 5.32 Å². The molecule has 2 rings (SSSR count). The van der Waals surface area contributed by atoms with Crippen molar-refractivity contribution in [2.75, 3.05) is 6.54 Å². The van der Waals surface area contributed by atoms with E-state index in [2.05, 4.69) is 12.2 Å². The molecule has 0 heterocycles. The second kappa shape index (κ2) is 8.03. The van der Waals surface area contributed by atoms with E-state index >= 15 is 0 Å². The summed E-state index contributed by atoms with van der Waals surface area (Å²) < 4.78 is 5.96. The van der Waals surface area contributed by atoms with Gasteiger partial charge in [0.2, 0.25) is 0 Å². The van der Waals surface area contributed by atoms with Crippen LogP contribution in [0, 0.1) is 0 Å². The molecule has 2 aromatic rings. The Hall–Kier alpha value is -1.55. The largest absolute Gasteiger partial charge is 0.455 e. The lowest BCUT2D eigenvalue weighted by molar-refractivity contribution is 0.276. The molecule has 0 aromatic heterocycles. The van der Waals surface area contributed by atoms with E-state index in [4.69, 9.17) is 16.3 Å². The minimum atomic E-state index is -0.0654. The molecule has 0 fully saturated rings. The quantitative estimate of drug-likeness (QED) is 0.756. The molecule has 0 aliphatic carbocycles. The first-order chi connectivity index (χ1) is 10.3. The van der Waals surface area contributed by atoms with E-state index in [1.165, 1.54) is 0 Å². The topological polar surface area (TPSA) is 41.5 Å². The number of rotatable bonds is 7. The van der Waals surface area contributed by atoms with E-state index in [0.29, 0.717) is 23.1 Å². The van der Waals surface area contributed by atoms with Gasteiger partial charge in [0.05, 0.1) is 11.6 Å². The molecule has 0 unspecified atom stereocenters. The monoisotopic (exact) mass is 305 g/mol. The van der Waals surface area contributed by atoms with E-state index in [0.717, 1.165) is 24.1 Å². The maximum Gasteiger partial charge on any atom is 0.150 e. The first kappa shape index (κ1) is 15.8. The first-order valence-electron chi connectivity index (χ1n) is 7.11. The molecule has 0 saturated carbocycles. The predicted molar refractivity (Wildman–Crippen MR) is 85.9 cm³/mol. The summed E-state index contributed by atoms with van der Waals surface area (Å²) in [5, 5.41) is 13.3. The van der Waals surface area contributed by atoms with Crippen LogP contribution in [0.3, 0.4) is 0 Å². The molecule has 0 aliphatic heterocycles. The van der Waals surface area contributed by atoms with E-state index < -0.39 is 0 Å². The number of aliphatic hydroxyl groups excluding tert-OH is 1. The Morgan fingerprint density at radius 1 is 1.10 bits per heavy atom. The van der Waals surface area contributed by atoms with E-state index in [1.807, 2.05) is 42.5 Å². The number of aliphatic hydroxyl groups is 1. The second-order valence-corrected chi connectivity index (χ2v) is 5.18. The minimum absolute atomic E-state index is 0.0654.